The van der Waals surface area contributed by atoms with Gasteiger partial charge in [-0.15, -0.1) is 0 Å². The Morgan fingerprint density at radius 3 is 2.40 bits per heavy atom. The monoisotopic (exact) mass is 237 g/mol. The number of thiol groups is 1. The molecule has 0 bridgehead atoms. The molecule has 0 aromatic carbocycles. The molecule has 0 fully saturated rings. The molecule has 15 heavy (non-hydrogen) atoms. The van der Waals surface area contributed by atoms with Gasteiger partial charge in [-0.25, -0.2) is 0 Å². The predicted molar refractivity (Wildman–Crippen MR) is 64.3 cm³/mol. The maximum atomic E-state index is 5.25. The van der Waals surface area contributed by atoms with Crippen LogP contribution in [0.2, 0.25) is 0 Å². The molecule has 1 atom stereocenters. The van der Waals surface area contributed by atoms with Crippen molar-refractivity contribution in [1.82, 2.24) is 5.32 Å². The topological polar surface area (TPSA) is 39.7 Å². The summed E-state index contributed by atoms with van der Waals surface area (Å²) in [5.41, 5.74) is 0. The lowest BCUT2D eigenvalue weighted by molar-refractivity contribution is -0.214. The number of ether oxygens (including phenoxy) is 3. The Hall–Kier alpha value is 0.190. The lowest BCUT2D eigenvalue weighted by Crippen LogP contribution is -2.48. The van der Waals surface area contributed by atoms with E-state index in [-0.39, 0.29) is 5.25 Å². The molecule has 0 amide bonds. The van der Waals surface area contributed by atoms with Gasteiger partial charge in [0.25, 0.3) is 0 Å². The summed E-state index contributed by atoms with van der Waals surface area (Å²) >= 11 is 4.44. The molecule has 0 aromatic heterocycles. The van der Waals surface area contributed by atoms with E-state index in [0.717, 1.165) is 19.6 Å². The Labute approximate surface area is 98.1 Å². The van der Waals surface area contributed by atoms with E-state index in [0.29, 0.717) is 6.54 Å². The molecule has 0 spiro atoms. The highest BCUT2D eigenvalue weighted by atomic mass is 32.1. The number of methoxy groups -OCH3 is 2. The van der Waals surface area contributed by atoms with Gasteiger partial charge in [0.15, 0.2) is 0 Å². The summed E-state index contributed by atoms with van der Waals surface area (Å²) in [5, 5.41) is 3.38. The molecule has 92 valence electrons. The first-order chi connectivity index (χ1) is 7.08. The maximum absolute atomic E-state index is 5.25. The van der Waals surface area contributed by atoms with Gasteiger partial charge in [-0.05, 0) is 13.3 Å². The van der Waals surface area contributed by atoms with Crippen molar-refractivity contribution in [1.29, 1.82) is 0 Å². The van der Waals surface area contributed by atoms with Gasteiger partial charge >= 0.3 is 0 Å². The SMILES string of the molecule is CCOCCC(S)CNC(C)(OC)OC. The van der Waals surface area contributed by atoms with Crippen LogP contribution in [0.1, 0.15) is 20.3 Å². The van der Waals surface area contributed by atoms with Gasteiger partial charge in [0, 0.05) is 46.2 Å². The molecule has 0 saturated heterocycles. The fourth-order valence-corrected chi connectivity index (χ4v) is 1.19. The zero-order valence-electron chi connectivity index (χ0n) is 10.1. The third kappa shape index (κ3) is 7.14. The molecule has 5 heteroatoms. The van der Waals surface area contributed by atoms with Crippen molar-refractivity contribution in [3.63, 3.8) is 0 Å². The summed E-state index contributed by atoms with van der Waals surface area (Å²) in [4.78, 5) is 0. The van der Waals surface area contributed by atoms with E-state index < -0.39 is 5.91 Å². The third-order valence-corrected chi connectivity index (χ3v) is 2.68. The smallest absolute Gasteiger partial charge is 0.223 e. The fourth-order valence-electron chi connectivity index (χ4n) is 0.997. The number of hydrogen-bond acceptors (Lipinski definition) is 5. The van der Waals surface area contributed by atoms with Gasteiger partial charge in [0.2, 0.25) is 5.91 Å². The number of nitrogens with one attached hydrogen (secondary N) is 1. The van der Waals surface area contributed by atoms with Gasteiger partial charge in [-0.3, -0.25) is 5.32 Å². The Kier molecular flexibility index (Phi) is 8.46. The van der Waals surface area contributed by atoms with E-state index in [1.54, 1.807) is 14.2 Å². The minimum atomic E-state index is -0.730. The van der Waals surface area contributed by atoms with E-state index in [4.69, 9.17) is 14.2 Å². The first-order valence-electron chi connectivity index (χ1n) is 5.19. The zero-order valence-corrected chi connectivity index (χ0v) is 11.0. The van der Waals surface area contributed by atoms with E-state index in [2.05, 4.69) is 17.9 Å². The van der Waals surface area contributed by atoms with Crippen molar-refractivity contribution in [3.05, 3.63) is 0 Å². The highest BCUT2D eigenvalue weighted by Gasteiger charge is 2.22. The molecule has 0 aliphatic carbocycles. The first kappa shape index (κ1) is 15.2. The Bertz CT molecular complexity index is 154. The second-order valence-electron chi connectivity index (χ2n) is 3.37. The maximum Gasteiger partial charge on any atom is 0.223 e. The molecule has 0 rings (SSSR count). The second-order valence-corrected chi connectivity index (χ2v) is 4.10. The van der Waals surface area contributed by atoms with Crippen LogP contribution in [0.25, 0.3) is 0 Å². The van der Waals surface area contributed by atoms with Gasteiger partial charge in [0.05, 0.1) is 0 Å². The molecule has 4 nitrogen and oxygen atoms in total. The highest BCUT2D eigenvalue weighted by molar-refractivity contribution is 7.81. The first-order valence-corrected chi connectivity index (χ1v) is 5.70. The third-order valence-electron chi connectivity index (χ3n) is 2.24. The van der Waals surface area contributed by atoms with Gasteiger partial charge in [-0.2, -0.15) is 12.6 Å². The van der Waals surface area contributed by atoms with Crippen LogP contribution in [0.5, 0.6) is 0 Å². The normalized spacial score (nSPS) is 14.2. The molecule has 1 N–H and O–H groups in total. The van der Waals surface area contributed by atoms with Crippen molar-refractivity contribution in [2.75, 3.05) is 34.0 Å². The molecule has 0 radical (unpaired) electrons. The number of rotatable bonds is 9. The van der Waals surface area contributed by atoms with E-state index in [9.17, 15) is 0 Å². The van der Waals surface area contributed by atoms with E-state index in [1.165, 1.54) is 0 Å². The van der Waals surface area contributed by atoms with Crippen LogP contribution in [0, 0.1) is 0 Å². The summed E-state index contributed by atoms with van der Waals surface area (Å²) in [5.74, 6) is -0.730. The van der Waals surface area contributed by atoms with Crippen LogP contribution < -0.4 is 5.32 Å². The van der Waals surface area contributed by atoms with Gasteiger partial charge < -0.3 is 14.2 Å². The van der Waals surface area contributed by atoms with Crippen molar-refractivity contribution in [2.45, 2.75) is 31.4 Å². The highest BCUT2D eigenvalue weighted by Crippen LogP contribution is 2.07. The Morgan fingerprint density at radius 2 is 1.93 bits per heavy atom. The van der Waals surface area contributed by atoms with Crippen LogP contribution in [0.15, 0.2) is 0 Å². The molecular formula is C10H23NO3S. The lowest BCUT2D eigenvalue weighted by atomic mass is 10.3. The van der Waals surface area contributed by atoms with E-state index >= 15 is 0 Å². The van der Waals surface area contributed by atoms with Crippen LogP contribution in [0.3, 0.4) is 0 Å². The minimum Gasteiger partial charge on any atom is -0.382 e. The standard InChI is InChI=1S/C10H23NO3S/c1-5-14-7-6-9(15)8-11-10(2,12-3)13-4/h9,11,15H,5-8H2,1-4H3. The summed E-state index contributed by atoms with van der Waals surface area (Å²) in [6.45, 7) is 6.02. The average molecular weight is 237 g/mol. The van der Waals surface area contributed by atoms with Crippen molar-refractivity contribution in [3.8, 4) is 0 Å². The molecule has 0 heterocycles. The fraction of sp³-hybridized carbons (Fsp3) is 1.00. The summed E-state index contributed by atoms with van der Waals surface area (Å²) in [7, 11) is 3.20. The quantitative estimate of drug-likeness (QED) is 0.360. The molecule has 0 aliphatic heterocycles. The summed E-state index contributed by atoms with van der Waals surface area (Å²) in [6.07, 6.45) is 0.910. The van der Waals surface area contributed by atoms with Crippen molar-refractivity contribution in [2.24, 2.45) is 0 Å². The minimum absolute atomic E-state index is 0.237. The largest absolute Gasteiger partial charge is 0.382 e. The molecular weight excluding hydrogens is 214 g/mol. The van der Waals surface area contributed by atoms with Crippen LogP contribution >= 0.6 is 12.6 Å². The van der Waals surface area contributed by atoms with E-state index in [1.807, 2.05) is 13.8 Å². The van der Waals surface area contributed by atoms with Crippen LogP contribution in [-0.4, -0.2) is 45.1 Å². The Morgan fingerprint density at radius 1 is 1.33 bits per heavy atom. The van der Waals surface area contributed by atoms with Crippen molar-refractivity contribution >= 4 is 12.6 Å². The average Bonchev–Trinajstić information content (AvgIpc) is 2.26. The predicted octanol–water partition coefficient (Wildman–Crippen LogP) is 1.27. The summed E-state index contributed by atoms with van der Waals surface area (Å²) in [6, 6.07) is 0. The van der Waals surface area contributed by atoms with Gasteiger partial charge in [0.1, 0.15) is 0 Å². The molecule has 0 aliphatic rings. The molecule has 1 unspecified atom stereocenters. The van der Waals surface area contributed by atoms with Crippen molar-refractivity contribution < 1.29 is 14.2 Å². The van der Waals surface area contributed by atoms with Gasteiger partial charge in [-0.1, -0.05) is 0 Å². The number of hydrogen-bond donors (Lipinski definition) is 2. The van der Waals surface area contributed by atoms with Crippen LogP contribution in [0.4, 0.5) is 0 Å². The van der Waals surface area contributed by atoms with Crippen LogP contribution in [-0.2, 0) is 14.2 Å². The Balaban J connectivity index is 3.64. The second kappa shape index (κ2) is 8.35. The lowest BCUT2D eigenvalue weighted by Gasteiger charge is -2.28. The molecule has 0 saturated carbocycles. The molecule has 0 aromatic rings. The summed E-state index contributed by atoms with van der Waals surface area (Å²) < 4.78 is 15.6. The zero-order chi connectivity index (χ0) is 11.7.